The number of hydrogen-bond donors (Lipinski definition) is 1. The summed E-state index contributed by atoms with van der Waals surface area (Å²) in [6.07, 6.45) is 1.16. The van der Waals surface area contributed by atoms with E-state index in [-0.39, 0.29) is 11.8 Å². The zero-order valence-corrected chi connectivity index (χ0v) is 17.3. The molecule has 2 atom stereocenters. The molecule has 1 N–H and O–H groups in total. The van der Waals surface area contributed by atoms with E-state index < -0.39 is 5.60 Å². The van der Waals surface area contributed by atoms with Crippen LogP contribution < -0.4 is 0 Å². The van der Waals surface area contributed by atoms with Gasteiger partial charge in [-0.25, -0.2) is 0 Å². The molecule has 4 heteroatoms. The predicted octanol–water partition coefficient (Wildman–Crippen LogP) is 3.58. The number of rotatable bonds is 7. The second kappa shape index (κ2) is 8.89. The molecule has 1 aliphatic rings. The average molecular weight is 381 g/mol. The van der Waals surface area contributed by atoms with Gasteiger partial charge in [0.25, 0.3) is 0 Å². The lowest BCUT2D eigenvalue weighted by Crippen LogP contribution is -2.45. The van der Waals surface area contributed by atoms with Crippen LogP contribution in [-0.4, -0.2) is 53.1 Å². The largest absolute Gasteiger partial charge is 0.387 e. The van der Waals surface area contributed by atoms with E-state index in [1.165, 1.54) is 16.7 Å². The number of nitrogens with zero attached hydrogens (tertiary/aromatic N) is 2. The fraction of sp³-hybridized carbons (Fsp3) is 0.458. The molecule has 0 saturated carbocycles. The lowest BCUT2D eigenvalue weighted by atomic mass is 9.93. The fourth-order valence-corrected chi connectivity index (χ4v) is 4.24. The third-order valence-electron chi connectivity index (χ3n) is 5.82. The van der Waals surface area contributed by atoms with Gasteiger partial charge in [-0.1, -0.05) is 61.5 Å². The third kappa shape index (κ3) is 5.21. The van der Waals surface area contributed by atoms with Crippen LogP contribution in [0.5, 0.6) is 0 Å². The van der Waals surface area contributed by atoms with Gasteiger partial charge in [-0.15, -0.1) is 0 Å². The molecule has 1 fully saturated rings. The van der Waals surface area contributed by atoms with Gasteiger partial charge in [0.05, 0.1) is 12.1 Å². The van der Waals surface area contributed by atoms with Gasteiger partial charge >= 0.3 is 0 Å². The molecule has 3 rings (SSSR count). The molecule has 2 aromatic rings. The minimum atomic E-state index is -0.828. The van der Waals surface area contributed by atoms with E-state index in [0.29, 0.717) is 25.9 Å². The van der Waals surface area contributed by atoms with Crippen LogP contribution in [0.15, 0.2) is 54.6 Å². The highest BCUT2D eigenvalue weighted by molar-refractivity contribution is 5.77. The molecule has 1 saturated heterocycles. The number of benzene rings is 2. The number of aliphatic hydroxyl groups is 1. The summed E-state index contributed by atoms with van der Waals surface area (Å²) in [4.78, 5) is 16.7. The molecule has 0 unspecified atom stereocenters. The van der Waals surface area contributed by atoms with E-state index in [9.17, 15) is 9.90 Å². The van der Waals surface area contributed by atoms with E-state index in [1.807, 2.05) is 37.4 Å². The van der Waals surface area contributed by atoms with Crippen LogP contribution in [0.3, 0.4) is 0 Å². The summed E-state index contributed by atoms with van der Waals surface area (Å²) < 4.78 is 0. The highest BCUT2D eigenvalue weighted by atomic mass is 16.3. The van der Waals surface area contributed by atoms with Crippen LogP contribution in [0.25, 0.3) is 0 Å². The molecule has 0 aromatic heterocycles. The summed E-state index contributed by atoms with van der Waals surface area (Å²) in [6, 6.07) is 18.6. The summed E-state index contributed by atoms with van der Waals surface area (Å²) >= 11 is 0. The molecule has 0 radical (unpaired) electrons. The van der Waals surface area contributed by atoms with Crippen molar-refractivity contribution in [1.82, 2.24) is 9.80 Å². The van der Waals surface area contributed by atoms with Crippen molar-refractivity contribution in [3.05, 3.63) is 71.3 Å². The van der Waals surface area contributed by atoms with Crippen LogP contribution in [0.1, 0.15) is 42.4 Å². The summed E-state index contributed by atoms with van der Waals surface area (Å²) in [5, 5.41) is 11.0. The van der Waals surface area contributed by atoms with Gasteiger partial charge in [0.2, 0.25) is 5.91 Å². The van der Waals surface area contributed by atoms with E-state index in [0.717, 1.165) is 13.1 Å². The second-order valence-electron chi connectivity index (χ2n) is 8.38. The number of likely N-dealkylation sites (N-methyl/N-ethyl adjacent to an activating group) is 1. The van der Waals surface area contributed by atoms with Crippen molar-refractivity contribution in [1.29, 1.82) is 0 Å². The van der Waals surface area contributed by atoms with Gasteiger partial charge in [-0.2, -0.15) is 0 Å². The first-order chi connectivity index (χ1) is 13.4. The first-order valence-corrected chi connectivity index (χ1v) is 10.1. The maximum Gasteiger partial charge on any atom is 0.223 e. The quantitative estimate of drug-likeness (QED) is 0.798. The number of likely N-dealkylation sites (tertiary alicyclic amines) is 1. The molecular weight excluding hydrogens is 348 g/mol. The van der Waals surface area contributed by atoms with Crippen molar-refractivity contribution in [2.75, 3.05) is 26.7 Å². The molecule has 2 aromatic carbocycles. The Labute approximate surface area is 168 Å². The summed E-state index contributed by atoms with van der Waals surface area (Å²) in [7, 11) is 1.81. The SMILES string of the molecule is Cc1ccccc1[C@@H](C)CC(=O)N(C)C[C@]1(O)CCN(Cc2ccccc2)C1. The van der Waals surface area contributed by atoms with Crippen LogP contribution in [-0.2, 0) is 11.3 Å². The van der Waals surface area contributed by atoms with E-state index >= 15 is 0 Å². The van der Waals surface area contributed by atoms with E-state index in [4.69, 9.17) is 0 Å². The smallest absolute Gasteiger partial charge is 0.223 e. The number of β-amino-alcohol motifs (C(OH)–C–C–N with tert-alkyl or cyclic N) is 1. The molecular formula is C24H32N2O2. The highest BCUT2D eigenvalue weighted by Crippen LogP contribution is 2.26. The summed E-state index contributed by atoms with van der Waals surface area (Å²) in [5.41, 5.74) is 2.86. The van der Waals surface area contributed by atoms with Gasteiger partial charge in [0.1, 0.15) is 0 Å². The normalized spacial score (nSPS) is 20.9. The monoisotopic (exact) mass is 380 g/mol. The van der Waals surface area contributed by atoms with Gasteiger partial charge in [-0.05, 0) is 36.0 Å². The molecule has 1 heterocycles. The molecule has 1 amide bonds. The number of hydrogen-bond acceptors (Lipinski definition) is 3. The second-order valence-corrected chi connectivity index (χ2v) is 8.38. The first kappa shape index (κ1) is 20.6. The maximum absolute atomic E-state index is 12.7. The lowest BCUT2D eigenvalue weighted by molar-refractivity contribution is -0.133. The van der Waals surface area contributed by atoms with Crippen LogP contribution in [0.2, 0.25) is 0 Å². The maximum atomic E-state index is 12.7. The number of aryl methyl sites for hydroxylation is 1. The molecule has 0 bridgehead atoms. The molecule has 1 aliphatic heterocycles. The van der Waals surface area contributed by atoms with Gasteiger partial charge < -0.3 is 10.0 Å². The first-order valence-electron chi connectivity index (χ1n) is 10.1. The highest BCUT2D eigenvalue weighted by Gasteiger charge is 2.37. The average Bonchev–Trinajstić information content (AvgIpc) is 3.03. The van der Waals surface area contributed by atoms with Gasteiger partial charge in [-0.3, -0.25) is 9.69 Å². The standard InChI is InChI=1S/C24H32N2O2/c1-19-9-7-8-12-22(19)20(2)15-23(27)25(3)17-24(28)13-14-26(18-24)16-21-10-5-4-6-11-21/h4-12,20,28H,13-18H2,1-3H3/t20-,24+/m0/s1. The molecule has 150 valence electrons. The Morgan fingerprint density at radius 1 is 1.18 bits per heavy atom. The summed E-state index contributed by atoms with van der Waals surface area (Å²) in [6.45, 7) is 6.87. The Kier molecular flexibility index (Phi) is 6.53. The Morgan fingerprint density at radius 3 is 2.57 bits per heavy atom. The zero-order valence-electron chi connectivity index (χ0n) is 17.3. The van der Waals surface area contributed by atoms with Crippen molar-refractivity contribution in [3.8, 4) is 0 Å². The van der Waals surface area contributed by atoms with Crippen molar-refractivity contribution in [3.63, 3.8) is 0 Å². The fourth-order valence-electron chi connectivity index (χ4n) is 4.24. The Balaban J connectivity index is 1.52. The van der Waals surface area contributed by atoms with E-state index in [2.05, 4.69) is 43.0 Å². The Bertz CT molecular complexity index is 792. The zero-order chi connectivity index (χ0) is 20.1. The molecule has 0 aliphatic carbocycles. The predicted molar refractivity (Wildman–Crippen MR) is 113 cm³/mol. The molecule has 28 heavy (non-hydrogen) atoms. The molecule has 4 nitrogen and oxygen atoms in total. The van der Waals surface area contributed by atoms with Crippen LogP contribution >= 0.6 is 0 Å². The van der Waals surface area contributed by atoms with Crippen LogP contribution in [0.4, 0.5) is 0 Å². The number of carbonyl (C=O) groups is 1. The Morgan fingerprint density at radius 2 is 1.86 bits per heavy atom. The van der Waals surface area contributed by atoms with Crippen LogP contribution in [0, 0.1) is 6.92 Å². The third-order valence-corrected chi connectivity index (χ3v) is 5.82. The van der Waals surface area contributed by atoms with E-state index in [1.54, 1.807) is 4.90 Å². The van der Waals surface area contributed by atoms with Crippen molar-refractivity contribution >= 4 is 5.91 Å². The topological polar surface area (TPSA) is 43.8 Å². The number of carbonyl (C=O) groups excluding carboxylic acids is 1. The number of amides is 1. The minimum Gasteiger partial charge on any atom is -0.387 e. The van der Waals surface area contributed by atoms with Crippen molar-refractivity contribution in [2.24, 2.45) is 0 Å². The summed E-state index contributed by atoms with van der Waals surface area (Å²) in [5.74, 6) is 0.259. The lowest BCUT2D eigenvalue weighted by Gasteiger charge is -2.30. The minimum absolute atomic E-state index is 0.0886. The Hall–Kier alpha value is -2.17. The van der Waals surface area contributed by atoms with Crippen molar-refractivity contribution < 1.29 is 9.90 Å². The molecule has 0 spiro atoms. The van der Waals surface area contributed by atoms with Gasteiger partial charge in [0.15, 0.2) is 0 Å². The van der Waals surface area contributed by atoms with Crippen molar-refractivity contribution in [2.45, 2.75) is 44.8 Å². The van der Waals surface area contributed by atoms with Gasteiger partial charge in [0, 0.05) is 33.1 Å².